The topological polar surface area (TPSA) is 61.4 Å². The number of fused-ring (bicyclic) bond motifs is 1. The highest BCUT2D eigenvalue weighted by molar-refractivity contribution is 6.30. The first-order valence-electron chi connectivity index (χ1n) is 8.97. The Hall–Kier alpha value is -3.12. The Bertz CT molecular complexity index is 1240. The molecular weight excluding hydrogens is 376 g/mol. The van der Waals surface area contributed by atoms with E-state index in [1.807, 2.05) is 57.2 Å². The van der Waals surface area contributed by atoms with Gasteiger partial charge in [-0.2, -0.15) is 5.10 Å². The average molecular weight is 395 g/mol. The van der Waals surface area contributed by atoms with Crippen molar-refractivity contribution in [1.29, 1.82) is 0 Å². The number of ether oxygens (including phenoxy) is 1. The summed E-state index contributed by atoms with van der Waals surface area (Å²) in [4.78, 5) is 17.8. The van der Waals surface area contributed by atoms with Crippen LogP contribution in [0.3, 0.4) is 0 Å². The predicted molar refractivity (Wildman–Crippen MR) is 110 cm³/mol. The fraction of sp³-hybridized carbons (Fsp3) is 0.190. The second-order valence-corrected chi connectivity index (χ2v) is 6.88. The number of nitrogens with zero attached hydrogens (tertiary/aromatic N) is 4. The Kier molecular flexibility index (Phi) is 4.65. The van der Waals surface area contributed by atoms with Crippen LogP contribution in [0, 0.1) is 13.8 Å². The third-order valence-electron chi connectivity index (χ3n) is 4.50. The molecule has 6 nitrogen and oxygen atoms in total. The molecule has 4 aromatic rings. The number of aryl methyl sites for hydroxylation is 2. The molecule has 0 saturated carbocycles. The summed E-state index contributed by atoms with van der Waals surface area (Å²) < 4.78 is 8.88. The highest BCUT2D eigenvalue weighted by Gasteiger charge is 2.18. The van der Waals surface area contributed by atoms with E-state index in [-0.39, 0.29) is 5.56 Å². The number of rotatable bonds is 4. The van der Waals surface area contributed by atoms with E-state index in [9.17, 15) is 4.79 Å². The van der Waals surface area contributed by atoms with E-state index >= 15 is 0 Å². The summed E-state index contributed by atoms with van der Waals surface area (Å²) in [5, 5.41) is 5.28. The standard InChI is InChI=1S/C21H19ClN4O2/c1-4-28-18-9-6-10-25-20(18)23-14(3)19(21(25)27)17-11-13(2)26(24-17)16-8-5-7-15(22)12-16/h5-12H,4H2,1-3H3. The molecule has 1 aromatic carbocycles. The third kappa shape index (κ3) is 3.05. The molecule has 0 aliphatic heterocycles. The molecule has 0 aliphatic rings. The third-order valence-corrected chi connectivity index (χ3v) is 4.73. The fourth-order valence-electron chi connectivity index (χ4n) is 3.27. The first-order chi connectivity index (χ1) is 13.5. The molecular formula is C21H19ClN4O2. The van der Waals surface area contributed by atoms with E-state index in [1.165, 1.54) is 4.40 Å². The second kappa shape index (κ2) is 7.13. The summed E-state index contributed by atoms with van der Waals surface area (Å²) >= 11 is 6.11. The van der Waals surface area contributed by atoms with E-state index < -0.39 is 0 Å². The zero-order valence-electron chi connectivity index (χ0n) is 15.8. The van der Waals surface area contributed by atoms with Crippen molar-refractivity contribution in [2.24, 2.45) is 0 Å². The maximum atomic E-state index is 13.2. The monoisotopic (exact) mass is 394 g/mol. The molecule has 0 bridgehead atoms. The number of pyridine rings is 1. The molecule has 0 atom stereocenters. The van der Waals surface area contributed by atoms with E-state index in [0.717, 1.165) is 11.4 Å². The van der Waals surface area contributed by atoms with Crippen LogP contribution in [0.5, 0.6) is 5.75 Å². The maximum Gasteiger partial charge on any atom is 0.267 e. The summed E-state index contributed by atoms with van der Waals surface area (Å²) in [6, 6.07) is 12.9. The van der Waals surface area contributed by atoms with Crippen LogP contribution >= 0.6 is 11.6 Å². The second-order valence-electron chi connectivity index (χ2n) is 6.44. The molecule has 3 heterocycles. The first kappa shape index (κ1) is 18.3. The van der Waals surface area contributed by atoms with Crippen molar-refractivity contribution in [3.8, 4) is 22.7 Å². The van der Waals surface area contributed by atoms with E-state index in [4.69, 9.17) is 16.3 Å². The average Bonchev–Trinajstić information content (AvgIpc) is 3.04. The van der Waals surface area contributed by atoms with Gasteiger partial charge in [-0.15, -0.1) is 0 Å². The number of aromatic nitrogens is 4. The van der Waals surface area contributed by atoms with Crippen molar-refractivity contribution in [1.82, 2.24) is 19.2 Å². The van der Waals surface area contributed by atoms with Crippen LogP contribution in [-0.2, 0) is 0 Å². The lowest BCUT2D eigenvalue weighted by molar-refractivity contribution is 0.342. The zero-order valence-corrected chi connectivity index (χ0v) is 16.6. The number of hydrogen-bond donors (Lipinski definition) is 0. The van der Waals surface area contributed by atoms with Crippen LogP contribution in [0.25, 0.3) is 22.6 Å². The van der Waals surface area contributed by atoms with Gasteiger partial charge in [0.25, 0.3) is 5.56 Å². The molecule has 0 saturated heterocycles. The van der Waals surface area contributed by atoms with Crippen molar-refractivity contribution in [2.75, 3.05) is 6.61 Å². The summed E-state index contributed by atoms with van der Waals surface area (Å²) in [6.45, 7) is 6.15. The van der Waals surface area contributed by atoms with Gasteiger partial charge in [-0.25, -0.2) is 9.67 Å². The van der Waals surface area contributed by atoms with Crippen LogP contribution in [0.1, 0.15) is 18.3 Å². The summed E-state index contributed by atoms with van der Waals surface area (Å²) in [7, 11) is 0. The van der Waals surface area contributed by atoms with Crippen molar-refractivity contribution in [3.05, 3.63) is 75.4 Å². The molecule has 7 heteroatoms. The summed E-state index contributed by atoms with van der Waals surface area (Å²) in [5.74, 6) is 0.581. The number of halogens is 1. The van der Waals surface area contributed by atoms with E-state index in [0.29, 0.717) is 40.0 Å². The van der Waals surface area contributed by atoms with Gasteiger partial charge in [-0.05, 0) is 57.2 Å². The summed E-state index contributed by atoms with van der Waals surface area (Å²) in [6.07, 6.45) is 1.69. The molecule has 0 spiro atoms. The fourth-order valence-corrected chi connectivity index (χ4v) is 3.46. The Balaban J connectivity index is 1.91. The van der Waals surface area contributed by atoms with E-state index in [1.54, 1.807) is 16.9 Å². The molecule has 0 fully saturated rings. The minimum Gasteiger partial charge on any atom is -0.490 e. The van der Waals surface area contributed by atoms with Crippen molar-refractivity contribution in [3.63, 3.8) is 0 Å². The van der Waals surface area contributed by atoms with Crippen LogP contribution in [0.2, 0.25) is 5.02 Å². The van der Waals surface area contributed by atoms with Gasteiger partial charge in [0, 0.05) is 16.9 Å². The molecule has 0 radical (unpaired) electrons. The van der Waals surface area contributed by atoms with Crippen LogP contribution in [0.4, 0.5) is 0 Å². The van der Waals surface area contributed by atoms with E-state index in [2.05, 4.69) is 10.1 Å². The van der Waals surface area contributed by atoms with Gasteiger partial charge in [0.1, 0.15) is 5.69 Å². The van der Waals surface area contributed by atoms with Gasteiger partial charge in [0.15, 0.2) is 11.4 Å². The minimum atomic E-state index is -0.181. The zero-order chi connectivity index (χ0) is 19.8. The van der Waals surface area contributed by atoms with Crippen molar-refractivity contribution >= 4 is 17.2 Å². The lowest BCUT2D eigenvalue weighted by Gasteiger charge is -2.10. The lowest BCUT2D eigenvalue weighted by atomic mass is 10.1. The van der Waals surface area contributed by atoms with Gasteiger partial charge >= 0.3 is 0 Å². The molecule has 0 amide bonds. The lowest BCUT2D eigenvalue weighted by Crippen LogP contribution is -2.19. The Morgan fingerprint density at radius 3 is 2.71 bits per heavy atom. The van der Waals surface area contributed by atoms with Gasteiger partial charge in [0.2, 0.25) is 0 Å². The Morgan fingerprint density at radius 1 is 1.14 bits per heavy atom. The molecule has 0 aliphatic carbocycles. The van der Waals surface area contributed by atoms with Crippen molar-refractivity contribution in [2.45, 2.75) is 20.8 Å². The number of benzene rings is 1. The minimum absolute atomic E-state index is 0.181. The molecule has 0 unspecified atom stereocenters. The highest BCUT2D eigenvalue weighted by Crippen LogP contribution is 2.24. The first-order valence-corrected chi connectivity index (χ1v) is 9.35. The molecule has 0 N–H and O–H groups in total. The van der Waals surface area contributed by atoms with Crippen LogP contribution < -0.4 is 10.3 Å². The van der Waals surface area contributed by atoms with Crippen molar-refractivity contribution < 1.29 is 4.74 Å². The molecule has 3 aromatic heterocycles. The number of hydrogen-bond acceptors (Lipinski definition) is 4. The predicted octanol–water partition coefficient (Wildman–Crippen LogP) is 4.22. The largest absolute Gasteiger partial charge is 0.490 e. The molecule has 28 heavy (non-hydrogen) atoms. The van der Waals surface area contributed by atoms with Gasteiger partial charge in [-0.3, -0.25) is 9.20 Å². The Morgan fingerprint density at radius 2 is 1.96 bits per heavy atom. The summed E-state index contributed by atoms with van der Waals surface area (Å²) in [5.41, 5.74) is 3.69. The molecule has 4 rings (SSSR count). The van der Waals surface area contributed by atoms with Crippen LogP contribution in [-0.4, -0.2) is 25.8 Å². The highest BCUT2D eigenvalue weighted by atomic mass is 35.5. The normalized spacial score (nSPS) is 11.1. The molecule has 142 valence electrons. The smallest absolute Gasteiger partial charge is 0.267 e. The SMILES string of the molecule is CCOc1cccn2c(=O)c(-c3cc(C)n(-c4cccc(Cl)c4)n3)c(C)nc12. The maximum absolute atomic E-state index is 13.2. The Labute approximate surface area is 167 Å². The van der Waals surface area contributed by atoms with Gasteiger partial charge < -0.3 is 4.74 Å². The quantitative estimate of drug-likeness (QED) is 0.520. The van der Waals surface area contributed by atoms with Gasteiger partial charge in [0.05, 0.1) is 23.6 Å². The van der Waals surface area contributed by atoms with Crippen LogP contribution in [0.15, 0.2) is 53.5 Å². The van der Waals surface area contributed by atoms with Gasteiger partial charge in [-0.1, -0.05) is 17.7 Å².